The first-order chi connectivity index (χ1) is 9.63. The van der Waals surface area contributed by atoms with Crippen molar-refractivity contribution in [2.45, 2.75) is 6.54 Å². The van der Waals surface area contributed by atoms with E-state index in [1.54, 1.807) is 7.11 Å². The summed E-state index contributed by atoms with van der Waals surface area (Å²) in [6.45, 7) is 1.58. The van der Waals surface area contributed by atoms with Gasteiger partial charge in [-0.2, -0.15) is 4.98 Å². The van der Waals surface area contributed by atoms with Crippen molar-refractivity contribution in [2.75, 3.05) is 20.3 Å². The lowest BCUT2D eigenvalue weighted by molar-refractivity contribution is 0.197. The van der Waals surface area contributed by atoms with Crippen LogP contribution in [0.25, 0.3) is 11.4 Å². The zero-order valence-electron chi connectivity index (χ0n) is 10.6. The van der Waals surface area contributed by atoms with Crippen LogP contribution in [0.15, 0.2) is 21.1 Å². The monoisotopic (exact) mass is 347 g/mol. The summed E-state index contributed by atoms with van der Waals surface area (Å²) >= 11 is 2.98. The Hall–Kier alpha value is -1.38. The van der Waals surface area contributed by atoms with Gasteiger partial charge >= 0.3 is 0 Å². The van der Waals surface area contributed by atoms with Crippen molar-refractivity contribution in [2.24, 2.45) is 0 Å². The number of ether oxygens (including phenoxy) is 1. The quantitative estimate of drug-likeness (QED) is 0.642. The Morgan fingerprint density at radius 2 is 2.20 bits per heavy atom. The Kier molecular flexibility index (Phi) is 5.16. The highest BCUT2D eigenvalue weighted by atomic mass is 79.9. The second-order valence-electron chi connectivity index (χ2n) is 3.90. The molecule has 0 aliphatic rings. The summed E-state index contributed by atoms with van der Waals surface area (Å²) in [6.07, 6.45) is 0. The molecule has 1 aromatic carbocycles. The fourth-order valence-electron chi connectivity index (χ4n) is 1.50. The third kappa shape index (κ3) is 3.38. The number of halogens is 3. The molecule has 0 amide bonds. The Labute approximate surface area is 122 Å². The maximum Gasteiger partial charge on any atom is 0.240 e. The Morgan fingerprint density at radius 1 is 1.40 bits per heavy atom. The molecule has 1 N–H and O–H groups in total. The van der Waals surface area contributed by atoms with Crippen molar-refractivity contribution in [1.82, 2.24) is 15.5 Å². The molecule has 1 aromatic heterocycles. The molecule has 0 aliphatic carbocycles. The van der Waals surface area contributed by atoms with Crippen LogP contribution < -0.4 is 5.32 Å². The number of methoxy groups -OCH3 is 1. The summed E-state index contributed by atoms with van der Waals surface area (Å²) < 4.78 is 36.3. The highest BCUT2D eigenvalue weighted by Gasteiger charge is 2.16. The zero-order valence-corrected chi connectivity index (χ0v) is 12.2. The number of nitrogens with one attached hydrogen (secondary N) is 1. The highest BCUT2D eigenvalue weighted by molar-refractivity contribution is 9.10. The van der Waals surface area contributed by atoms with Gasteiger partial charge < -0.3 is 14.6 Å². The van der Waals surface area contributed by atoms with E-state index in [1.807, 2.05) is 0 Å². The summed E-state index contributed by atoms with van der Waals surface area (Å²) in [5, 5.41) is 6.78. The smallest absolute Gasteiger partial charge is 0.240 e. The van der Waals surface area contributed by atoms with Gasteiger partial charge in [-0.25, -0.2) is 8.78 Å². The molecule has 0 bridgehead atoms. The average molecular weight is 348 g/mol. The van der Waals surface area contributed by atoms with E-state index in [4.69, 9.17) is 9.26 Å². The van der Waals surface area contributed by atoms with Gasteiger partial charge in [-0.15, -0.1) is 0 Å². The first kappa shape index (κ1) is 15.0. The van der Waals surface area contributed by atoms with Crippen molar-refractivity contribution in [1.29, 1.82) is 0 Å². The lowest BCUT2D eigenvalue weighted by Crippen LogP contribution is -2.18. The molecule has 2 aromatic rings. The number of aromatic nitrogens is 2. The largest absolute Gasteiger partial charge is 0.383 e. The predicted octanol–water partition coefficient (Wildman–Crippen LogP) is 2.51. The standard InChI is InChI=1S/C12H12BrF2N3O2/c1-19-5-4-16-6-9-17-12(18-20-9)7-2-3-8(14)11(15)10(7)13/h2-3,16H,4-6H2,1H3. The van der Waals surface area contributed by atoms with Crippen molar-refractivity contribution in [3.63, 3.8) is 0 Å². The van der Waals surface area contributed by atoms with Crippen molar-refractivity contribution in [3.8, 4) is 11.4 Å². The summed E-state index contributed by atoms with van der Waals surface area (Å²) in [5.41, 5.74) is 0.329. The average Bonchev–Trinajstić information content (AvgIpc) is 2.90. The second-order valence-corrected chi connectivity index (χ2v) is 4.70. The van der Waals surface area contributed by atoms with Gasteiger partial charge in [0.05, 0.1) is 17.6 Å². The van der Waals surface area contributed by atoms with Gasteiger partial charge in [0.15, 0.2) is 11.6 Å². The first-order valence-electron chi connectivity index (χ1n) is 5.79. The molecule has 2 rings (SSSR count). The molecule has 108 valence electrons. The van der Waals surface area contributed by atoms with E-state index in [0.717, 1.165) is 6.07 Å². The molecule has 5 nitrogen and oxygen atoms in total. The number of rotatable bonds is 6. The molecule has 0 atom stereocenters. The first-order valence-corrected chi connectivity index (χ1v) is 6.59. The SMILES string of the molecule is COCCNCc1nc(-c2ccc(F)c(F)c2Br)no1. The van der Waals surface area contributed by atoms with Crippen molar-refractivity contribution < 1.29 is 18.0 Å². The topological polar surface area (TPSA) is 60.2 Å². The van der Waals surface area contributed by atoms with Gasteiger partial charge in [-0.3, -0.25) is 0 Å². The third-order valence-corrected chi connectivity index (χ3v) is 3.28. The minimum atomic E-state index is -0.980. The molecular weight excluding hydrogens is 336 g/mol. The molecule has 0 fully saturated rings. The summed E-state index contributed by atoms with van der Waals surface area (Å²) in [6, 6.07) is 2.40. The molecule has 0 saturated carbocycles. The molecule has 0 radical (unpaired) electrons. The zero-order chi connectivity index (χ0) is 14.5. The molecular formula is C12H12BrF2N3O2. The van der Waals surface area contributed by atoms with E-state index < -0.39 is 11.6 Å². The predicted molar refractivity (Wildman–Crippen MR) is 70.9 cm³/mol. The van der Waals surface area contributed by atoms with Crippen LogP contribution in [0, 0.1) is 11.6 Å². The Balaban J connectivity index is 2.11. The van der Waals surface area contributed by atoms with E-state index in [9.17, 15) is 8.78 Å². The van der Waals surface area contributed by atoms with E-state index >= 15 is 0 Å². The van der Waals surface area contributed by atoms with Gasteiger partial charge in [-0.05, 0) is 28.1 Å². The second kappa shape index (κ2) is 6.87. The number of hydrogen-bond donors (Lipinski definition) is 1. The van der Waals surface area contributed by atoms with Gasteiger partial charge in [-0.1, -0.05) is 5.16 Å². The van der Waals surface area contributed by atoms with E-state index in [0.29, 0.717) is 31.2 Å². The van der Waals surface area contributed by atoms with Crippen LogP contribution >= 0.6 is 15.9 Å². The Morgan fingerprint density at radius 3 is 2.95 bits per heavy atom. The van der Waals surface area contributed by atoms with Gasteiger partial charge in [0.1, 0.15) is 0 Å². The molecule has 0 unspecified atom stereocenters. The summed E-state index contributed by atoms with van der Waals surface area (Å²) in [5.74, 6) is -1.37. The fraction of sp³-hybridized carbons (Fsp3) is 0.333. The molecule has 20 heavy (non-hydrogen) atoms. The summed E-state index contributed by atoms with van der Waals surface area (Å²) in [7, 11) is 1.60. The van der Waals surface area contributed by atoms with Crippen molar-refractivity contribution >= 4 is 15.9 Å². The molecule has 0 spiro atoms. The molecule has 1 heterocycles. The van der Waals surface area contributed by atoms with Crippen LogP contribution in [0.3, 0.4) is 0 Å². The van der Waals surface area contributed by atoms with Gasteiger partial charge in [0, 0.05) is 19.2 Å². The van der Waals surface area contributed by atoms with Crippen LogP contribution in [-0.4, -0.2) is 30.4 Å². The molecule has 8 heteroatoms. The summed E-state index contributed by atoms with van der Waals surface area (Å²) in [4.78, 5) is 4.11. The normalized spacial score (nSPS) is 11.0. The van der Waals surface area contributed by atoms with Gasteiger partial charge in [0.25, 0.3) is 0 Å². The lowest BCUT2D eigenvalue weighted by atomic mass is 10.2. The molecule has 0 aliphatic heterocycles. The minimum absolute atomic E-state index is 0.0304. The number of hydrogen-bond acceptors (Lipinski definition) is 5. The van der Waals surface area contributed by atoms with Crippen LogP contribution in [-0.2, 0) is 11.3 Å². The third-order valence-electron chi connectivity index (χ3n) is 2.50. The number of nitrogens with zero attached hydrogens (tertiary/aromatic N) is 2. The molecule has 0 saturated heterocycles. The van der Waals surface area contributed by atoms with Crippen LogP contribution in [0.5, 0.6) is 0 Å². The Bertz CT molecular complexity index is 592. The van der Waals surface area contributed by atoms with Crippen LogP contribution in [0.1, 0.15) is 5.89 Å². The van der Waals surface area contributed by atoms with Crippen LogP contribution in [0.4, 0.5) is 8.78 Å². The van der Waals surface area contributed by atoms with E-state index in [-0.39, 0.29) is 10.3 Å². The van der Waals surface area contributed by atoms with Crippen LogP contribution in [0.2, 0.25) is 0 Å². The van der Waals surface area contributed by atoms with E-state index in [2.05, 4.69) is 31.4 Å². The van der Waals surface area contributed by atoms with Gasteiger partial charge in [0.2, 0.25) is 11.7 Å². The fourth-order valence-corrected chi connectivity index (χ4v) is 2.00. The maximum absolute atomic E-state index is 13.4. The number of benzene rings is 1. The van der Waals surface area contributed by atoms with E-state index in [1.165, 1.54) is 6.07 Å². The lowest BCUT2D eigenvalue weighted by Gasteiger charge is -2.01. The highest BCUT2D eigenvalue weighted by Crippen LogP contribution is 2.29. The minimum Gasteiger partial charge on any atom is -0.383 e. The van der Waals surface area contributed by atoms with Crippen molar-refractivity contribution in [3.05, 3.63) is 34.1 Å². The maximum atomic E-state index is 13.4.